The van der Waals surface area contributed by atoms with Crippen LogP contribution < -0.4 is 5.32 Å². The summed E-state index contributed by atoms with van der Waals surface area (Å²) >= 11 is 3.13. The Morgan fingerprint density at radius 3 is 2.90 bits per heavy atom. The van der Waals surface area contributed by atoms with E-state index in [1.54, 1.807) is 18.0 Å². The standard InChI is InChI=1S/C13H21N3O3S2/c1-15(2)11(12-5-4-7-19-12)10-21-8-6-14-13(20-3)9-16(17)18/h4-5,7,9,11,14H,6,8,10H2,1-3H3. The summed E-state index contributed by atoms with van der Waals surface area (Å²) < 4.78 is 5.46. The van der Waals surface area contributed by atoms with Crippen molar-refractivity contribution >= 4 is 23.5 Å². The topological polar surface area (TPSA) is 71.5 Å². The summed E-state index contributed by atoms with van der Waals surface area (Å²) in [5.41, 5.74) is 0. The number of hydrogen-bond donors (Lipinski definition) is 1. The lowest BCUT2D eigenvalue weighted by Crippen LogP contribution is -2.22. The average molecular weight is 331 g/mol. The van der Waals surface area contributed by atoms with Crippen molar-refractivity contribution in [2.75, 3.05) is 38.4 Å². The molecule has 1 heterocycles. The van der Waals surface area contributed by atoms with Crippen LogP contribution in [0.2, 0.25) is 0 Å². The van der Waals surface area contributed by atoms with Gasteiger partial charge in [-0.2, -0.15) is 11.8 Å². The predicted octanol–water partition coefficient (Wildman–Crippen LogP) is 2.64. The molecule has 118 valence electrons. The van der Waals surface area contributed by atoms with Gasteiger partial charge >= 0.3 is 0 Å². The molecule has 1 atom stereocenters. The van der Waals surface area contributed by atoms with Crippen LogP contribution in [0, 0.1) is 10.1 Å². The summed E-state index contributed by atoms with van der Waals surface area (Å²) in [6.07, 6.45) is 4.50. The quantitative estimate of drug-likeness (QED) is 0.401. The maximum absolute atomic E-state index is 10.4. The molecular formula is C13H21N3O3S2. The highest BCUT2D eigenvalue weighted by Crippen LogP contribution is 2.23. The van der Waals surface area contributed by atoms with Gasteiger partial charge in [-0.1, -0.05) is 0 Å². The van der Waals surface area contributed by atoms with E-state index in [-0.39, 0.29) is 6.04 Å². The normalized spacial score (nSPS) is 13.4. The van der Waals surface area contributed by atoms with E-state index in [0.717, 1.165) is 23.5 Å². The average Bonchev–Trinajstić information content (AvgIpc) is 2.94. The summed E-state index contributed by atoms with van der Waals surface area (Å²) in [5, 5.41) is 14.1. The van der Waals surface area contributed by atoms with Crippen LogP contribution in [0.3, 0.4) is 0 Å². The molecule has 6 nitrogen and oxygen atoms in total. The minimum Gasteiger partial charge on any atom is -0.468 e. The number of rotatable bonds is 10. The third-order valence-electron chi connectivity index (χ3n) is 2.76. The van der Waals surface area contributed by atoms with Gasteiger partial charge in [0.05, 0.1) is 17.2 Å². The Kier molecular flexibility index (Phi) is 8.33. The molecule has 1 N–H and O–H groups in total. The van der Waals surface area contributed by atoms with Crippen LogP contribution in [-0.4, -0.2) is 48.2 Å². The smallest absolute Gasteiger partial charge is 0.263 e. The first-order chi connectivity index (χ1) is 10.0. The fourth-order valence-corrected chi connectivity index (χ4v) is 3.21. The van der Waals surface area contributed by atoms with Gasteiger partial charge in [-0.15, -0.1) is 11.8 Å². The van der Waals surface area contributed by atoms with Crippen LogP contribution in [0.4, 0.5) is 0 Å². The molecule has 1 unspecified atom stereocenters. The second-order valence-corrected chi connectivity index (χ2v) is 6.48. The molecule has 1 aromatic heterocycles. The zero-order valence-electron chi connectivity index (χ0n) is 12.4. The van der Waals surface area contributed by atoms with Crippen LogP contribution in [0.25, 0.3) is 0 Å². The number of nitrogens with zero attached hydrogens (tertiary/aromatic N) is 2. The Hall–Kier alpha value is -1.12. The first-order valence-corrected chi connectivity index (χ1v) is 8.83. The maximum Gasteiger partial charge on any atom is 0.263 e. The van der Waals surface area contributed by atoms with Crippen molar-refractivity contribution in [3.63, 3.8) is 0 Å². The Balaban J connectivity index is 2.31. The molecule has 0 bridgehead atoms. The van der Waals surface area contributed by atoms with Crippen LogP contribution in [0.15, 0.2) is 34.0 Å². The van der Waals surface area contributed by atoms with Crippen molar-refractivity contribution in [3.8, 4) is 0 Å². The molecule has 0 saturated carbocycles. The Morgan fingerprint density at radius 1 is 1.62 bits per heavy atom. The number of nitrogens with one attached hydrogen (secondary N) is 1. The molecule has 0 saturated heterocycles. The molecule has 21 heavy (non-hydrogen) atoms. The highest BCUT2D eigenvalue weighted by atomic mass is 32.2. The maximum atomic E-state index is 10.4. The van der Waals surface area contributed by atoms with Crippen molar-refractivity contribution < 1.29 is 9.34 Å². The molecule has 8 heteroatoms. The highest BCUT2D eigenvalue weighted by molar-refractivity contribution is 8.02. The predicted molar refractivity (Wildman–Crippen MR) is 89.1 cm³/mol. The molecule has 0 spiro atoms. The van der Waals surface area contributed by atoms with E-state index in [1.807, 2.05) is 32.5 Å². The molecule has 0 aromatic carbocycles. The highest BCUT2D eigenvalue weighted by Gasteiger charge is 2.16. The van der Waals surface area contributed by atoms with Gasteiger partial charge in [-0.25, -0.2) is 0 Å². The number of nitro groups is 1. The number of furan rings is 1. The summed E-state index contributed by atoms with van der Waals surface area (Å²) in [6, 6.07) is 4.11. The molecule has 1 rings (SSSR count). The van der Waals surface area contributed by atoms with E-state index in [0.29, 0.717) is 11.6 Å². The van der Waals surface area contributed by atoms with Gasteiger partial charge in [0.1, 0.15) is 10.8 Å². The van der Waals surface area contributed by atoms with Crippen LogP contribution in [-0.2, 0) is 0 Å². The molecular weight excluding hydrogens is 310 g/mol. The lowest BCUT2D eigenvalue weighted by Gasteiger charge is -2.21. The monoisotopic (exact) mass is 331 g/mol. The molecule has 1 aromatic rings. The second kappa shape index (κ2) is 9.75. The molecule has 0 aliphatic carbocycles. The molecule has 0 radical (unpaired) electrons. The first-order valence-electron chi connectivity index (χ1n) is 6.45. The van der Waals surface area contributed by atoms with E-state index >= 15 is 0 Å². The van der Waals surface area contributed by atoms with Crippen molar-refractivity contribution in [2.45, 2.75) is 6.04 Å². The lowest BCUT2D eigenvalue weighted by molar-refractivity contribution is -0.403. The summed E-state index contributed by atoms with van der Waals surface area (Å²) in [7, 11) is 4.05. The Bertz CT molecular complexity index is 450. The van der Waals surface area contributed by atoms with Gasteiger partial charge in [0.2, 0.25) is 0 Å². The number of thioether (sulfide) groups is 2. The van der Waals surface area contributed by atoms with Crippen molar-refractivity contribution in [1.82, 2.24) is 10.2 Å². The largest absolute Gasteiger partial charge is 0.468 e. The molecule has 0 amide bonds. The van der Waals surface area contributed by atoms with E-state index in [1.165, 1.54) is 11.8 Å². The third kappa shape index (κ3) is 6.92. The van der Waals surface area contributed by atoms with Gasteiger partial charge in [-0.3, -0.25) is 15.0 Å². The summed E-state index contributed by atoms with van der Waals surface area (Å²) in [5.74, 6) is 2.75. The molecule has 0 fully saturated rings. The minimum absolute atomic E-state index is 0.235. The van der Waals surface area contributed by atoms with Crippen LogP contribution >= 0.6 is 23.5 Å². The summed E-state index contributed by atoms with van der Waals surface area (Å²) in [6.45, 7) is 0.698. The van der Waals surface area contributed by atoms with E-state index in [4.69, 9.17) is 4.42 Å². The Labute approximate surface area is 133 Å². The van der Waals surface area contributed by atoms with Gasteiger partial charge in [0.15, 0.2) is 0 Å². The van der Waals surface area contributed by atoms with E-state index in [9.17, 15) is 10.1 Å². The Morgan fingerprint density at radius 2 is 2.38 bits per heavy atom. The fourth-order valence-electron chi connectivity index (χ4n) is 1.67. The molecule has 0 aliphatic heterocycles. The zero-order chi connectivity index (χ0) is 15.7. The lowest BCUT2D eigenvalue weighted by atomic mass is 10.2. The van der Waals surface area contributed by atoms with Gasteiger partial charge < -0.3 is 9.73 Å². The summed E-state index contributed by atoms with van der Waals surface area (Å²) in [4.78, 5) is 12.1. The zero-order valence-corrected chi connectivity index (χ0v) is 14.1. The van der Waals surface area contributed by atoms with E-state index in [2.05, 4.69) is 10.2 Å². The van der Waals surface area contributed by atoms with Crippen molar-refractivity contribution in [3.05, 3.63) is 45.5 Å². The second-order valence-electron chi connectivity index (χ2n) is 4.48. The SMILES string of the molecule is CSC(=C[N+](=O)[O-])NCCSCC(c1ccco1)N(C)C. The van der Waals surface area contributed by atoms with Crippen LogP contribution in [0.5, 0.6) is 0 Å². The van der Waals surface area contributed by atoms with Gasteiger partial charge in [0, 0.05) is 18.1 Å². The van der Waals surface area contributed by atoms with Gasteiger partial charge in [0.25, 0.3) is 6.20 Å². The minimum atomic E-state index is -0.440. The van der Waals surface area contributed by atoms with Crippen molar-refractivity contribution in [1.29, 1.82) is 0 Å². The van der Waals surface area contributed by atoms with E-state index < -0.39 is 4.92 Å². The van der Waals surface area contributed by atoms with Crippen molar-refractivity contribution in [2.24, 2.45) is 0 Å². The van der Waals surface area contributed by atoms with Gasteiger partial charge in [-0.05, 0) is 32.5 Å². The van der Waals surface area contributed by atoms with Crippen LogP contribution in [0.1, 0.15) is 11.8 Å². The fraction of sp³-hybridized carbons (Fsp3) is 0.538. The third-order valence-corrected chi connectivity index (χ3v) is 4.49. The molecule has 0 aliphatic rings. The first kappa shape index (κ1) is 17.9. The number of hydrogen-bond acceptors (Lipinski definition) is 7.